The smallest absolute Gasteiger partial charge is 0.159 e. The predicted molar refractivity (Wildman–Crippen MR) is 235 cm³/mol. The Labute approximate surface area is 322 Å². The third kappa shape index (κ3) is 5.40. The summed E-state index contributed by atoms with van der Waals surface area (Å²) in [5, 5.41) is 7.34. The van der Waals surface area contributed by atoms with Crippen LogP contribution in [0.4, 0.5) is 17.1 Å². The van der Waals surface area contributed by atoms with Crippen LogP contribution in [0.2, 0.25) is 0 Å². The largest absolute Gasteiger partial charge is 0.454 e. The van der Waals surface area contributed by atoms with Gasteiger partial charge >= 0.3 is 0 Å². The number of thiophene rings is 1. The molecule has 2 heterocycles. The summed E-state index contributed by atoms with van der Waals surface area (Å²) in [6, 6.07) is 72.2. The van der Waals surface area contributed by atoms with Crippen LogP contribution >= 0.6 is 11.3 Å². The van der Waals surface area contributed by atoms with Crippen molar-refractivity contribution in [2.24, 2.45) is 0 Å². The summed E-state index contributed by atoms with van der Waals surface area (Å²) in [6.07, 6.45) is 0. The molecule has 2 aromatic heterocycles. The van der Waals surface area contributed by atoms with Crippen LogP contribution in [0.1, 0.15) is 0 Å². The van der Waals surface area contributed by atoms with E-state index in [-0.39, 0.29) is 0 Å². The van der Waals surface area contributed by atoms with Gasteiger partial charge in [-0.1, -0.05) is 140 Å². The molecular formula is C52H33NOS. The zero-order valence-electron chi connectivity index (χ0n) is 29.8. The zero-order chi connectivity index (χ0) is 36.3. The number of hydrogen-bond donors (Lipinski definition) is 0. The fourth-order valence-electron chi connectivity index (χ4n) is 8.21. The molecular weight excluding hydrogens is 687 g/mol. The topological polar surface area (TPSA) is 16.4 Å². The van der Waals surface area contributed by atoms with Crippen molar-refractivity contribution in [3.63, 3.8) is 0 Å². The highest BCUT2D eigenvalue weighted by Gasteiger charge is 2.20. The van der Waals surface area contributed by atoms with Crippen molar-refractivity contribution in [3.05, 3.63) is 200 Å². The van der Waals surface area contributed by atoms with E-state index in [1.807, 2.05) is 17.4 Å². The Bertz CT molecular complexity index is 3220. The van der Waals surface area contributed by atoms with E-state index in [4.69, 9.17) is 4.42 Å². The highest BCUT2D eigenvalue weighted by Crippen LogP contribution is 2.44. The number of benzene rings is 9. The second kappa shape index (κ2) is 12.9. The van der Waals surface area contributed by atoms with Crippen molar-refractivity contribution >= 4 is 81.3 Å². The van der Waals surface area contributed by atoms with Gasteiger partial charge in [0.05, 0.1) is 5.69 Å². The van der Waals surface area contributed by atoms with Gasteiger partial charge in [0.15, 0.2) is 5.58 Å². The first-order valence-corrected chi connectivity index (χ1v) is 19.5. The van der Waals surface area contributed by atoms with Crippen molar-refractivity contribution < 1.29 is 4.42 Å². The molecule has 0 N–H and O–H groups in total. The monoisotopic (exact) mass is 719 g/mol. The zero-order valence-corrected chi connectivity index (χ0v) is 30.6. The molecule has 11 aromatic rings. The molecule has 0 aliphatic heterocycles. The average Bonchev–Trinajstić information content (AvgIpc) is 3.83. The third-order valence-corrected chi connectivity index (χ3v) is 12.0. The SMILES string of the molecule is c1cc(-c2cccc(N(c3ccc(-c4ccc5sc6ccccc6c5c4)cc3)c3cccc4c3oc3ccccc34)c2)cc(-c2cccc3ccccc23)c1. The second-order valence-electron chi connectivity index (χ2n) is 14.1. The first kappa shape index (κ1) is 31.6. The highest BCUT2D eigenvalue weighted by atomic mass is 32.1. The Hall–Kier alpha value is -6.94. The molecule has 0 spiro atoms. The third-order valence-electron chi connectivity index (χ3n) is 10.9. The molecule has 11 rings (SSSR count). The lowest BCUT2D eigenvalue weighted by molar-refractivity contribution is 0.669. The predicted octanol–water partition coefficient (Wildman–Crippen LogP) is 15.6. The molecule has 9 aromatic carbocycles. The first-order valence-electron chi connectivity index (χ1n) is 18.7. The van der Waals surface area contributed by atoms with Gasteiger partial charge in [-0.2, -0.15) is 0 Å². The van der Waals surface area contributed by atoms with E-state index < -0.39 is 0 Å². The lowest BCUT2D eigenvalue weighted by Gasteiger charge is -2.26. The van der Waals surface area contributed by atoms with Gasteiger partial charge in [-0.25, -0.2) is 0 Å². The Morgan fingerprint density at radius 1 is 0.364 bits per heavy atom. The van der Waals surface area contributed by atoms with Gasteiger partial charge in [-0.05, 0) is 105 Å². The van der Waals surface area contributed by atoms with E-state index in [1.165, 1.54) is 58.8 Å². The fourth-order valence-corrected chi connectivity index (χ4v) is 9.30. The molecule has 3 heteroatoms. The quantitative estimate of drug-likeness (QED) is 0.170. The Balaban J connectivity index is 1.04. The Kier molecular flexibility index (Phi) is 7.39. The summed E-state index contributed by atoms with van der Waals surface area (Å²) >= 11 is 1.85. The lowest BCUT2D eigenvalue weighted by Crippen LogP contribution is -2.10. The van der Waals surface area contributed by atoms with Gasteiger partial charge in [0.2, 0.25) is 0 Å². The summed E-state index contributed by atoms with van der Waals surface area (Å²) in [5.74, 6) is 0. The van der Waals surface area contributed by atoms with Crippen molar-refractivity contribution in [1.29, 1.82) is 0 Å². The van der Waals surface area contributed by atoms with Crippen LogP contribution in [-0.2, 0) is 0 Å². The lowest BCUT2D eigenvalue weighted by atomic mass is 9.95. The van der Waals surface area contributed by atoms with Gasteiger partial charge < -0.3 is 9.32 Å². The summed E-state index contributed by atoms with van der Waals surface area (Å²) in [7, 11) is 0. The number of hydrogen-bond acceptors (Lipinski definition) is 3. The maximum absolute atomic E-state index is 6.64. The summed E-state index contributed by atoms with van der Waals surface area (Å²) < 4.78 is 9.28. The molecule has 258 valence electrons. The van der Waals surface area contributed by atoms with Crippen molar-refractivity contribution in [2.75, 3.05) is 4.90 Å². The van der Waals surface area contributed by atoms with E-state index in [9.17, 15) is 0 Å². The van der Waals surface area contributed by atoms with Crippen LogP contribution in [0.25, 0.3) is 86.3 Å². The van der Waals surface area contributed by atoms with Crippen molar-refractivity contribution in [3.8, 4) is 33.4 Å². The Morgan fingerprint density at radius 2 is 1.00 bits per heavy atom. The molecule has 0 aliphatic carbocycles. The molecule has 0 atom stereocenters. The molecule has 0 unspecified atom stereocenters. The van der Waals surface area contributed by atoms with Gasteiger partial charge in [0.25, 0.3) is 0 Å². The van der Waals surface area contributed by atoms with E-state index in [0.717, 1.165) is 44.6 Å². The summed E-state index contributed by atoms with van der Waals surface area (Å²) in [5.41, 5.74) is 12.0. The number of para-hydroxylation sites is 2. The second-order valence-corrected chi connectivity index (χ2v) is 15.2. The normalized spacial score (nSPS) is 11.6. The molecule has 0 fully saturated rings. The number of nitrogens with zero attached hydrogens (tertiary/aromatic N) is 1. The minimum atomic E-state index is 0.867. The van der Waals surface area contributed by atoms with Gasteiger partial charge in [0, 0.05) is 42.3 Å². The van der Waals surface area contributed by atoms with Gasteiger partial charge in [0.1, 0.15) is 5.58 Å². The molecule has 0 saturated heterocycles. The molecule has 55 heavy (non-hydrogen) atoms. The standard InChI is InChI=1S/C52H33NOS/c1-2-17-42-35(11-1)12-9-20-43(42)39-15-7-13-36(31-39)37-14-8-16-41(32-37)53(48-22-10-21-46-44-18-3-5-23-49(44)54-52(46)48)40-28-25-34(26-29-40)38-27-30-51-47(33-38)45-19-4-6-24-50(45)55-51/h1-33H. The van der Waals surface area contributed by atoms with E-state index >= 15 is 0 Å². The number of rotatable bonds is 6. The van der Waals surface area contributed by atoms with E-state index in [2.05, 4.69) is 199 Å². The van der Waals surface area contributed by atoms with Crippen LogP contribution in [-0.4, -0.2) is 0 Å². The highest BCUT2D eigenvalue weighted by molar-refractivity contribution is 7.25. The summed E-state index contributed by atoms with van der Waals surface area (Å²) in [6.45, 7) is 0. The van der Waals surface area contributed by atoms with Crippen LogP contribution in [0.3, 0.4) is 0 Å². The van der Waals surface area contributed by atoms with E-state index in [1.54, 1.807) is 0 Å². The van der Waals surface area contributed by atoms with Crippen LogP contribution in [0.5, 0.6) is 0 Å². The van der Waals surface area contributed by atoms with Crippen molar-refractivity contribution in [2.45, 2.75) is 0 Å². The van der Waals surface area contributed by atoms with Gasteiger partial charge in [-0.15, -0.1) is 11.3 Å². The number of anilines is 3. The maximum atomic E-state index is 6.64. The first-order chi connectivity index (χ1) is 27.2. The average molecular weight is 720 g/mol. The maximum Gasteiger partial charge on any atom is 0.159 e. The molecule has 0 bridgehead atoms. The number of fused-ring (bicyclic) bond motifs is 7. The molecule has 0 amide bonds. The summed E-state index contributed by atoms with van der Waals surface area (Å²) in [4.78, 5) is 2.34. The molecule has 2 nitrogen and oxygen atoms in total. The van der Waals surface area contributed by atoms with Crippen LogP contribution < -0.4 is 4.90 Å². The van der Waals surface area contributed by atoms with Gasteiger partial charge in [-0.3, -0.25) is 0 Å². The fraction of sp³-hybridized carbons (Fsp3) is 0. The Morgan fingerprint density at radius 3 is 1.91 bits per heavy atom. The molecule has 0 radical (unpaired) electrons. The van der Waals surface area contributed by atoms with E-state index in [0.29, 0.717) is 0 Å². The molecule has 0 saturated carbocycles. The van der Waals surface area contributed by atoms with Crippen LogP contribution in [0, 0.1) is 0 Å². The van der Waals surface area contributed by atoms with Crippen molar-refractivity contribution in [1.82, 2.24) is 0 Å². The minimum Gasteiger partial charge on any atom is -0.454 e. The van der Waals surface area contributed by atoms with Crippen LogP contribution in [0.15, 0.2) is 205 Å². The molecule has 0 aliphatic rings. The number of furan rings is 1. The minimum absolute atomic E-state index is 0.867.